The monoisotopic (exact) mass is 588 g/mol. The molecule has 14 heteroatoms. The molecule has 0 saturated carbocycles. The number of pyridine rings is 1. The van der Waals surface area contributed by atoms with Crippen LogP contribution < -0.4 is 19.7 Å². The number of methoxy groups -OCH3 is 1. The zero-order chi connectivity index (χ0) is 28.4. The first-order valence-corrected chi connectivity index (χ1v) is 15.1. The summed E-state index contributed by atoms with van der Waals surface area (Å²) in [6.45, 7) is 3.76. The van der Waals surface area contributed by atoms with E-state index in [1.165, 1.54) is 29.5 Å². The van der Waals surface area contributed by atoms with Crippen molar-refractivity contribution < 1.29 is 27.5 Å². The van der Waals surface area contributed by atoms with Crippen molar-refractivity contribution in [3.05, 3.63) is 36.2 Å². The van der Waals surface area contributed by atoms with E-state index in [1.807, 2.05) is 6.07 Å². The molecule has 12 nitrogen and oxygen atoms in total. The molecule has 1 aromatic carbocycles. The van der Waals surface area contributed by atoms with Crippen molar-refractivity contribution in [2.24, 2.45) is 0 Å². The molecule has 2 fully saturated rings. The van der Waals surface area contributed by atoms with Crippen LogP contribution in [-0.2, 0) is 31.6 Å². The fourth-order valence-electron chi connectivity index (χ4n) is 5.38. The van der Waals surface area contributed by atoms with Gasteiger partial charge in [-0.15, -0.1) is 0 Å². The number of carbonyl (C=O) groups is 2. The standard InChI is InChI=1S/C26H32N6O6S2/c1-3-38-25(34)20(13-17-12-16-6-8-28-23(27)18(16)14-21(17)37-2)31-11-7-19(24(31)33)32(40(35)36)22-15-29-26(39-22)30-9-4-5-10-30/h6,8,12,14-15,19-20,40H,3-5,7,9-11,13H2,1-2H3,(H2,27,28)/t19-,20+/m0/s1. The highest BCUT2D eigenvalue weighted by Gasteiger charge is 2.44. The van der Waals surface area contributed by atoms with E-state index in [2.05, 4.69) is 14.9 Å². The third-order valence-corrected chi connectivity index (χ3v) is 9.35. The van der Waals surface area contributed by atoms with Crippen molar-refractivity contribution in [2.45, 2.75) is 44.7 Å². The van der Waals surface area contributed by atoms with Gasteiger partial charge in [0.15, 0.2) is 5.13 Å². The summed E-state index contributed by atoms with van der Waals surface area (Å²) in [5.74, 6) is -0.181. The second-order valence-corrected chi connectivity index (χ2v) is 11.5. The molecule has 0 radical (unpaired) electrons. The Labute approximate surface area is 237 Å². The molecular weight excluding hydrogens is 556 g/mol. The van der Waals surface area contributed by atoms with Gasteiger partial charge in [0.2, 0.25) is 16.8 Å². The van der Waals surface area contributed by atoms with Gasteiger partial charge < -0.3 is 25.0 Å². The number of nitrogen functional groups attached to an aromatic ring is 1. The first-order chi connectivity index (χ1) is 19.3. The van der Waals surface area contributed by atoms with E-state index in [4.69, 9.17) is 15.2 Å². The highest BCUT2D eigenvalue weighted by atomic mass is 32.2. The molecule has 214 valence electrons. The number of hydrogen-bond acceptors (Lipinski definition) is 11. The molecule has 2 aromatic heterocycles. The van der Waals surface area contributed by atoms with Gasteiger partial charge >= 0.3 is 5.97 Å². The predicted octanol–water partition coefficient (Wildman–Crippen LogP) is 1.99. The summed E-state index contributed by atoms with van der Waals surface area (Å²) in [6.07, 6.45) is 5.56. The minimum absolute atomic E-state index is 0.113. The molecular formula is C26H32N6O6S2. The number of ether oxygens (including phenoxy) is 2. The molecule has 5 rings (SSSR count). The molecule has 3 aromatic rings. The van der Waals surface area contributed by atoms with Gasteiger partial charge in [0.1, 0.15) is 28.7 Å². The van der Waals surface area contributed by atoms with Crippen LogP contribution in [0.1, 0.15) is 31.7 Å². The van der Waals surface area contributed by atoms with Crippen molar-refractivity contribution in [1.82, 2.24) is 14.9 Å². The minimum Gasteiger partial charge on any atom is -0.496 e. The quantitative estimate of drug-likeness (QED) is 0.266. The maximum Gasteiger partial charge on any atom is 0.329 e. The summed E-state index contributed by atoms with van der Waals surface area (Å²) in [5.41, 5.74) is 6.72. The first-order valence-electron chi connectivity index (χ1n) is 13.1. The number of amides is 1. The number of thiol groups is 1. The van der Waals surface area contributed by atoms with Gasteiger partial charge in [0.05, 0.1) is 19.9 Å². The van der Waals surface area contributed by atoms with Gasteiger partial charge in [-0.25, -0.2) is 27.5 Å². The third kappa shape index (κ3) is 5.37. The van der Waals surface area contributed by atoms with Gasteiger partial charge in [-0.05, 0) is 55.3 Å². The molecule has 2 N–H and O–H groups in total. The summed E-state index contributed by atoms with van der Waals surface area (Å²) < 4.78 is 36.9. The number of rotatable bonds is 10. The second kappa shape index (κ2) is 11.8. The van der Waals surface area contributed by atoms with E-state index in [0.717, 1.165) is 40.8 Å². The Morgan fingerprint density at radius 3 is 2.73 bits per heavy atom. The number of nitrogens with zero attached hydrogens (tertiary/aromatic N) is 5. The number of likely N-dealkylation sites (tertiary alicyclic amines) is 1. The van der Waals surface area contributed by atoms with E-state index < -0.39 is 34.9 Å². The van der Waals surface area contributed by atoms with Crippen LogP contribution in [0.4, 0.5) is 16.0 Å². The second-order valence-electron chi connectivity index (χ2n) is 9.65. The lowest BCUT2D eigenvalue weighted by molar-refractivity contribution is -0.153. The van der Waals surface area contributed by atoms with Crippen molar-refractivity contribution >= 4 is 60.8 Å². The summed E-state index contributed by atoms with van der Waals surface area (Å²) in [6, 6.07) is 3.47. The fourth-order valence-corrected chi connectivity index (χ4v) is 7.28. The van der Waals surface area contributed by atoms with Crippen LogP contribution in [0, 0.1) is 0 Å². The van der Waals surface area contributed by atoms with Crippen molar-refractivity contribution in [3.8, 4) is 5.75 Å². The predicted molar refractivity (Wildman–Crippen MR) is 153 cm³/mol. The number of hydrogen-bond donors (Lipinski definition) is 2. The van der Waals surface area contributed by atoms with Crippen LogP contribution >= 0.6 is 11.3 Å². The van der Waals surface area contributed by atoms with Crippen LogP contribution in [0.2, 0.25) is 0 Å². The Kier molecular flexibility index (Phi) is 8.26. The van der Waals surface area contributed by atoms with E-state index in [-0.39, 0.29) is 26.0 Å². The number of carbonyl (C=O) groups excluding carboxylic acids is 2. The smallest absolute Gasteiger partial charge is 0.329 e. The number of esters is 1. The fraction of sp³-hybridized carbons (Fsp3) is 0.462. The number of nitrogens with two attached hydrogens (primary N) is 1. The van der Waals surface area contributed by atoms with Crippen molar-refractivity contribution in [2.75, 3.05) is 48.3 Å². The summed E-state index contributed by atoms with van der Waals surface area (Å²) in [7, 11) is -1.62. The average molecular weight is 589 g/mol. The Hall–Kier alpha value is -3.65. The molecule has 4 heterocycles. The zero-order valence-corrected chi connectivity index (χ0v) is 24.0. The van der Waals surface area contributed by atoms with E-state index in [9.17, 15) is 18.0 Å². The lowest BCUT2D eigenvalue weighted by Crippen LogP contribution is -2.48. The van der Waals surface area contributed by atoms with Gasteiger partial charge in [0.25, 0.3) is 0 Å². The normalized spacial score (nSPS) is 18.1. The number of benzene rings is 1. The molecule has 0 aliphatic carbocycles. The number of anilines is 3. The van der Waals surface area contributed by atoms with Crippen molar-refractivity contribution in [3.63, 3.8) is 0 Å². The molecule has 2 aliphatic heterocycles. The number of thiazole rings is 1. The topological polar surface area (TPSA) is 148 Å². The Bertz CT molecular complexity index is 1480. The zero-order valence-electron chi connectivity index (χ0n) is 22.3. The van der Waals surface area contributed by atoms with Gasteiger partial charge in [-0.1, -0.05) is 11.3 Å². The molecule has 0 spiro atoms. The maximum atomic E-state index is 13.8. The lowest BCUT2D eigenvalue weighted by atomic mass is 10.00. The summed E-state index contributed by atoms with van der Waals surface area (Å²) in [5, 5.41) is 2.64. The van der Waals surface area contributed by atoms with Crippen LogP contribution in [0.25, 0.3) is 10.8 Å². The SMILES string of the molecule is CCOC(=O)[C@@H](Cc1cc2ccnc(N)c2cc1OC)N1CC[C@H](N(c2cnc(N3CCCC3)s2)[SH](=O)=O)C1=O. The molecule has 2 aliphatic rings. The van der Waals surface area contributed by atoms with Crippen LogP contribution in [-0.4, -0.2) is 80.6 Å². The van der Waals surface area contributed by atoms with Crippen LogP contribution in [0.5, 0.6) is 5.75 Å². The van der Waals surface area contributed by atoms with Gasteiger partial charge in [0, 0.05) is 37.6 Å². The first kappa shape index (κ1) is 27.9. The Balaban J connectivity index is 1.44. The molecule has 2 atom stereocenters. The van der Waals surface area contributed by atoms with Crippen LogP contribution in [0.3, 0.4) is 0 Å². The van der Waals surface area contributed by atoms with E-state index in [1.54, 1.807) is 25.3 Å². The summed E-state index contributed by atoms with van der Waals surface area (Å²) in [4.78, 5) is 39.0. The van der Waals surface area contributed by atoms with Crippen LogP contribution in [0.15, 0.2) is 30.6 Å². The summed E-state index contributed by atoms with van der Waals surface area (Å²) >= 11 is 1.25. The lowest BCUT2D eigenvalue weighted by Gasteiger charge is -2.28. The molecule has 1 amide bonds. The highest BCUT2D eigenvalue weighted by molar-refractivity contribution is 7.74. The molecule has 0 unspecified atom stereocenters. The molecule has 40 heavy (non-hydrogen) atoms. The number of aromatic nitrogens is 2. The van der Waals surface area contributed by atoms with E-state index in [0.29, 0.717) is 27.5 Å². The van der Waals surface area contributed by atoms with Crippen molar-refractivity contribution in [1.29, 1.82) is 0 Å². The molecule has 0 bridgehead atoms. The highest BCUT2D eigenvalue weighted by Crippen LogP contribution is 2.36. The molecule has 2 saturated heterocycles. The average Bonchev–Trinajstić information content (AvgIpc) is 3.70. The third-order valence-electron chi connectivity index (χ3n) is 7.31. The van der Waals surface area contributed by atoms with E-state index >= 15 is 0 Å². The minimum atomic E-state index is -3.13. The Morgan fingerprint density at radius 1 is 1.25 bits per heavy atom. The largest absolute Gasteiger partial charge is 0.496 e. The van der Waals surface area contributed by atoms with Gasteiger partial charge in [-0.3, -0.25) is 4.79 Å². The Morgan fingerprint density at radius 2 is 2.02 bits per heavy atom. The maximum absolute atomic E-state index is 13.8. The van der Waals surface area contributed by atoms with Gasteiger partial charge in [-0.2, -0.15) is 0 Å². The number of fused-ring (bicyclic) bond motifs is 1.